The lowest BCUT2D eigenvalue weighted by Gasteiger charge is -2.30. The topological polar surface area (TPSA) is 41.6 Å². The van der Waals surface area contributed by atoms with Gasteiger partial charge in [-0.2, -0.15) is 0 Å². The Morgan fingerprint density at radius 1 is 1.14 bits per heavy atom. The highest BCUT2D eigenvalue weighted by atomic mass is 79.9. The largest absolute Gasteiger partial charge is 0.459 e. The van der Waals surface area contributed by atoms with Crippen molar-refractivity contribution in [2.45, 2.75) is 31.5 Å². The molecule has 28 heavy (non-hydrogen) atoms. The number of rotatable bonds is 4. The Balaban J connectivity index is 1.55. The third kappa shape index (κ3) is 3.08. The summed E-state index contributed by atoms with van der Waals surface area (Å²) in [6.07, 6.45) is 2.94. The van der Waals surface area contributed by atoms with Crippen LogP contribution in [0.5, 0.6) is 0 Å². The zero-order valence-corrected chi connectivity index (χ0v) is 17.9. The second kappa shape index (κ2) is 7.41. The molecule has 3 aromatic rings. The average Bonchev–Trinajstić information content (AvgIpc) is 3.44. The van der Waals surface area contributed by atoms with Crippen LogP contribution in [-0.2, 0) is 0 Å². The van der Waals surface area contributed by atoms with Gasteiger partial charge in [-0.05, 0) is 42.8 Å². The van der Waals surface area contributed by atoms with Gasteiger partial charge in [0.25, 0.3) is 0 Å². The molecule has 3 atom stereocenters. The van der Waals surface area contributed by atoms with Gasteiger partial charge in [-0.1, -0.05) is 52.8 Å². The SMILES string of the molecule is CC[C@@H]1CSC2=N[C@@H](c3ccccn3)[C@@H](c3ccc(-c4ccc(Br)cc4)o3)N21. The maximum atomic E-state index is 6.38. The fourth-order valence-electron chi connectivity index (χ4n) is 3.94. The molecule has 1 aromatic carbocycles. The van der Waals surface area contributed by atoms with Crippen LogP contribution in [0.4, 0.5) is 0 Å². The summed E-state index contributed by atoms with van der Waals surface area (Å²) in [5.41, 5.74) is 2.07. The van der Waals surface area contributed by atoms with Gasteiger partial charge in [0.1, 0.15) is 23.6 Å². The molecule has 142 valence electrons. The van der Waals surface area contributed by atoms with E-state index in [1.54, 1.807) is 0 Å². The molecule has 6 heteroatoms. The maximum absolute atomic E-state index is 6.38. The molecule has 4 nitrogen and oxygen atoms in total. The Bertz CT molecular complexity index is 1000. The molecular formula is C22H20BrN3OS. The van der Waals surface area contributed by atoms with E-state index in [2.05, 4.69) is 63.1 Å². The Morgan fingerprint density at radius 3 is 2.75 bits per heavy atom. The number of benzene rings is 1. The van der Waals surface area contributed by atoms with E-state index in [9.17, 15) is 0 Å². The van der Waals surface area contributed by atoms with E-state index in [0.717, 1.165) is 44.6 Å². The number of aromatic nitrogens is 1. The molecule has 0 N–H and O–H groups in total. The van der Waals surface area contributed by atoms with Crippen LogP contribution < -0.4 is 0 Å². The summed E-state index contributed by atoms with van der Waals surface area (Å²) in [5, 5.41) is 1.12. The molecule has 0 radical (unpaired) electrons. The highest BCUT2D eigenvalue weighted by Gasteiger charge is 2.46. The predicted molar refractivity (Wildman–Crippen MR) is 117 cm³/mol. The van der Waals surface area contributed by atoms with Gasteiger partial charge < -0.3 is 9.32 Å². The number of hydrogen-bond acceptors (Lipinski definition) is 5. The summed E-state index contributed by atoms with van der Waals surface area (Å²) in [4.78, 5) is 12.1. The number of pyridine rings is 1. The zero-order chi connectivity index (χ0) is 19.1. The lowest BCUT2D eigenvalue weighted by atomic mass is 10.0. The molecule has 0 spiro atoms. The number of thioether (sulfide) groups is 1. The van der Waals surface area contributed by atoms with E-state index in [1.165, 1.54) is 0 Å². The van der Waals surface area contributed by atoms with Crippen molar-refractivity contribution in [3.8, 4) is 11.3 Å². The first-order chi connectivity index (χ1) is 13.7. The van der Waals surface area contributed by atoms with Crippen molar-refractivity contribution in [1.29, 1.82) is 0 Å². The molecule has 0 aliphatic carbocycles. The molecule has 1 saturated heterocycles. The van der Waals surface area contributed by atoms with Gasteiger partial charge in [0.15, 0.2) is 5.17 Å². The Labute approximate surface area is 177 Å². The van der Waals surface area contributed by atoms with Crippen molar-refractivity contribution >= 4 is 32.9 Å². The average molecular weight is 454 g/mol. The van der Waals surface area contributed by atoms with E-state index in [0.29, 0.717) is 6.04 Å². The smallest absolute Gasteiger partial charge is 0.161 e. The van der Waals surface area contributed by atoms with Gasteiger partial charge in [-0.3, -0.25) is 4.98 Å². The second-order valence-electron chi connectivity index (χ2n) is 7.05. The fraction of sp³-hybridized carbons (Fsp3) is 0.273. The Kier molecular flexibility index (Phi) is 4.77. The standard InChI is InChI=1S/C22H20BrN3OS/c1-2-16-13-28-22-25-20(17-5-3-4-12-24-17)21(26(16)22)19-11-10-18(27-19)14-6-8-15(23)9-7-14/h3-12,16,20-21H,2,13H2,1H3/t16-,20+,21-/m1/s1. The highest BCUT2D eigenvalue weighted by molar-refractivity contribution is 9.10. The second-order valence-corrected chi connectivity index (χ2v) is 8.95. The molecule has 2 aliphatic rings. The molecular weight excluding hydrogens is 434 g/mol. The number of aliphatic imine (C=N–C) groups is 1. The normalized spacial score (nSPS) is 23.7. The van der Waals surface area contributed by atoms with Gasteiger partial charge in [-0.25, -0.2) is 4.99 Å². The van der Waals surface area contributed by atoms with E-state index < -0.39 is 0 Å². The molecule has 1 fully saturated rings. The third-order valence-electron chi connectivity index (χ3n) is 5.38. The van der Waals surface area contributed by atoms with Crippen molar-refractivity contribution < 1.29 is 4.42 Å². The van der Waals surface area contributed by atoms with Crippen LogP contribution in [0.15, 0.2) is 74.7 Å². The molecule has 4 heterocycles. The van der Waals surface area contributed by atoms with E-state index in [1.807, 2.05) is 42.2 Å². The summed E-state index contributed by atoms with van der Waals surface area (Å²) >= 11 is 5.34. The predicted octanol–water partition coefficient (Wildman–Crippen LogP) is 6.08. The summed E-state index contributed by atoms with van der Waals surface area (Å²) in [6, 6.07) is 18.9. The van der Waals surface area contributed by atoms with Gasteiger partial charge >= 0.3 is 0 Å². The Hall–Kier alpha value is -2.05. The van der Waals surface area contributed by atoms with Gasteiger partial charge in [-0.15, -0.1) is 0 Å². The van der Waals surface area contributed by atoms with Crippen LogP contribution in [0.25, 0.3) is 11.3 Å². The zero-order valence-electron chi connectivity index (χ0n) is 15.5. The molecule has 2 aliphatic heterocycles. The van der Waals surface area contributed by atoms with Gasteiger partial charge in [0, 0.05) is 28.0 Å². The number of halogens is 1. The minimum Gasteiger partial charge on any atom is -0.459 e. The van der Waals surface area contributed by atoms with Crippen LogP contribution in [-0.4, -0.2) is 26.8 Å². The summed E-state index contributed by atoms with van der Waals surface area (Å²) in [6.45, 7) is 2.24. The molecule has 2 aromatic heterocycles. The van der Waals surface area contributed by atoms with Crippen LogP contribution in [0, 0.1) is 0 Å². The molecule has 0 amide bonds. The minimum absolute atomic E-state index is 0.0398. The monoisotopic (exact) mass is 453 g/mol. The van der Waals surface area contributed by atoms with E-state index in [-0.39, 0.29) is 12.1 Å². The molecule has 0 unspecified atom stereocenters. The van der Waals surface area contributed by atoms with Crippen LogP contribution in [0.2, 0.25) is 0 Å². The van der Waals surface area contributed by atoms with Crippen molar-refractivity contribution in [3.63, 3.8) is 0 Å². The van der Waals surface area contributed by atoms with Crippen molar-refractivity contribution in [3.05, 3.63) is 76.7 Å². The minimum atomic E-state index is -0.0398. The fourth-order valence-corrected chi connectivity index (χ4v) is 5.54. The first-order valence-corrected chi connectivity index (χ1v) is 11.3. The molecule has 0 bridgehead atoms. The van der Waals surface area contributed by atoms with Crippen molar-refractivity contribution in [2.75, 3.05) is 5.75 Å². The van der Waals surface area contributed by atoms with E-state index >= 15 is 0 Å². The first-order valence-electron chi connectivity index (χ1n) is 9.50. The van der Waals surface area contributed by atoms with Crippen molar-refractivity contribution in [2.24, 2.45) is 4.99 Å². The van der Waals surface area contributed by atoms with Gasteiger partial charge in [0.05, 0.1) is 5.69 Å². The summed E-state index contributed by atoms with van der Waals surface area (Å²) in [7, 11) is 0. The van der Waals surface area contributed by atoms with Crippen LogP contribution in [0.3, 0.4) is 0 Å². The number of hydrogen-bond donors (Lipinski definition) is 0. The summed E-state index contributed by atoms with van der Waals surface area (Å²) < 4.78 is 7.44. The van der Waals surface area contributed by atoms with Crippen LogP contribution >= 0.6 is 27.7 Å². The lowest BCUT2D eigenvalue weighted by Crippen LogP contribution is -2.35. The number of nitrogens with zero attached hydrogens (tertiary/aromatic N) is 3. The number of amidine groups is 1. The first kappa shape index (κ1) is 18.0. The van der Waals surface area contributed by atoms with Crippen LogP contribution in [0.1, 0.15) is 36.9 Å². The van der Waals surface area contributed by atoms with E-state index in [4.69, 9.17) is 9.41 Å². The summed E-state index contributed by atoms with van der Waals surface area (Å²) in [5.74, 6) is 2.92. The highest BCUT2D eigenvalue weighted by Crippen LogP contribution is 2.49. The van der Waals surface area contributed by atoms with Gasteiger partial charge in [0.2, 0.25) is 0 Å². The lowest BCUT2D eigenvalue weighted by molar-refractivity contribution is 0.226. The third-order valence-corrected chi connectivity index (χ3v) is 7.03. The van der Waals surface area contributed by atoms with Crippen molar-refractivity contribution in [1.82, 2.24) is 9.88 Å². The Morgan fingerprint density at radius 2 is 2.00 bits per heavy atom. The maximum Gasteiger partial charge on any atom is 0.161 e. The number of fused-ring (bicyclic) bond motifs is 1. The number of furan rings is 1. The molecule has 5 rings (SSSR count). The molecule has 0 saturated carbocycles. The quantitative estimate of drug-likeness (QED) is 0.479.